The van der Waals surface area contributed by atoms with E-state index in [1.807, 2.05) is 70.2 Å². The second-order valence-corrected chi connectivity index (χ2v) is 14.0. The van der Waals surface area contributed by atoms with Crippen LogP contribution in [0.25, 0.3) is 0 Å². The number of hydrogen-bond donors (Lipinski definition) is 2. The molecule has 44 heavy (non-hydrogen) atoms. The molecule has 4 aliphatic rings. The molecule has 11 heteroatoms. The van der Waals surface area contributed by atoms with Gasteiger partial charge >= 0.3 is 5.97 Å². The number of aliphatic hydroxyl groups is 1. The first-order chi connectivity index (χ1) is 20.9. The molecule has 2 N–H and O–H groups in total. The van der Waals surface area contributed by atoms with Gasteiger partial charge in [0.15, 0.2) is 0 Å². The maximum Gasteiger partial charge on any atom is 0.313 e. The van der Waals surface area contributed by atoms with Crippen LogP contribution in [0.3, 0.4) is 0 Å². The molecule has 5 bridgehead atoms. The zero-order valence-electron chi connectivity index (χ0n) is 25.9. The highest BCUT2D eigenvalue weighted by Crippen LogP contribution is 2.59. The molecule has 4 heterocycles. The maximum atomic E-state index is 14.7. The molecule has 2 saturated heterocycles. The van der Waals surface area contributed by atoms with Crippen LogP contribution >= 0.6 is 15.9 Å². The van der Waals surface area contributed by atoms with Crippen molar-refractivity contribution >= 4 is 39.6 Å². The first-order valence-electron chi connectivity index (χ1n) is 15.4. The minimum Gasteiger partial charge on any atom is -0.455 e. The number of ether oxygens (including phenoxy) is 2. The van der Waals surface area contributed by atoms with Gasteiger partial charge in [0.2, 0.25) is 17.7 Å². The Hall–Kier alpha value is -3.02. The smallest absolute Gasteiger partial charge is 0.313 e. The molecule has 0 aromatic heterocycles. The fraction of sp³-hybridized carbons (Fsp3) is 0.576. The van der Waals surface area contributed by atoms with E-state index < -0.39 is 65.2 Å². The number of hydrogen-bond acceptors (Lipinski definition) is 7. The molecule has 2 fully saturated rings. The summed E-state index contributed by atoms with van der Waals surface area (Å²) >= 11 is 3.58. The summed E-state index contributed by atoms with van der Waals surface area (Å²) in [5, 5.41) is 13.4. The van der Waals surface area contributed by atoms with Gasteiger partial charge in [-0.2, -0.15) is 0 Å². The summed E-state index contributed by atoms with van der Waals surface area (Å²) in [5.74, 6) is -3.70. The van der Waals surface area contributed by atoms with Gasteiger partial charge in [-0.05, 0) is 52.2 Å². The van der Waals surface area contributed by atoms with E-state index in [2.05, 4.69) is 21.2 Å². The van der Waals surface area contributed by atoms with Crippen molar-refractivity contribution in [3.05, 3.63) is 58.6 Å². The van der Waals surface area contributed by atoms with E-state index in [0.29, 0.717) is 22.9 Å². The van der Waals surface area contributed by atoms with E-state index in [4.69, 9.17) is 9.47 Å². The molecule has 5 rings (SSSR count). The van der Waals surface area contributed by atoms with E-state index in [-0.39, 0.29) is 31.4 Å². The van der Waals surface area contributed by atoms with Crippen LogP contribution in [-0.2, 0) is 28.7 Å². The van der Waals surface area contributed by atoms with Crippen molar-refractivity contribution in [1.29, 1.82) is 0 Å². The van der Waals surface area contributed by atoms with E-state index >= 15 is 0 Å². The average molecular weight is 673 g/mol. The van der Waals surface area contributed by atoms with Gasteiger partial charge in [0.05, 0.1) is 24.6 Å². The van der Waals surface area contributed by atoms with Crippen LogP contribution in [0.15, 0.2) is 53.0 Å². The molecule has 3 amide bonds. The van der Waals surface area contributed by atoms with Gasteiger partial charge in [-0.15, -0.1) is 0 Å². The number of carbonyl (C=O) groups excluding carboxylic acids is 4. The van der Waals surface area contributed by atoms with Crippen molar-refractivity contribution < 1.29 is 33.8 Å². The lowest BCUT2D eigenvalue weighted by Gasteiger charge is -2.42. The second-order valence-electron chi connectivity index (χ2n) is 13.1. The number of amides is 3. The number of nitrogens with one attached hydrogen (secondary N) is 1. The van der Waals surface area contributed by atoms with Crippen LogP contribution in [0, 0.1) is 11.8 Å². The predicted octanol–water partition coefficient (Wildman–Crippen LogP) is 3.40. The molecule has 4 aliphatic heterocycles. The quantitative estimate of drug-likeness (QED) is 0.371. The number of nitrogens with zero attached hydrogens (tertiary/aromatic N) is 2. The summed E-state index contributed by atoms with van der Waals surface area (Å²) < 4.78 is 13.3. The van der Waals surface area contributed by atoms with Crippen LogP contribution in [0.4, 0.5) is 0 Å². The Balaban J connectivity index is 1.65. The number of carbonyl (C=O) groups is 4. The number of likely N-dealkylation sites (tertiary alicyclic amines) is 1. The lowest BCUT2D eigenvalue weighted by atomic mass is 9.74. The third-order valence-corrected chi connectivity index (χ3v) is 9.91. The van der Waals surface area contributed by atoms with Crippen LogP contribution in [0.2, 0.25) is 0 Å². The topological polar surface area (TPSA) is 125 Å². The lowest BCUT2D eigenvalue weighted by Crippen LogP contribution is -2.61. The molecule has 0 aliphatic carbocycles. The van der Waals surface area contributed by atoms with Crippen molar-refractivity contribution in [2.24, 2.45) is 11.8 Å². The summed E-state index contributed by atoms with van der Waals surface area (Å²) in [6.45, 7) is 9.27. The van der Waals surface area contributed by atoms with Crippen molar-refractivity contribution in [3.63, 3.8) is 0 Å². The third kappa shape index (κ3) is 5.51. The molecular weight excluding hydrogens is 630 g/mol. The highest BCUT2D eigenvalue weighted by molar-refractivity contribution is 9.11. The standard InChI is InChI=1S/C33H42BrN3O7/c1-6-21(18-38)37-28-30(41)36(32(3,4)5)16-12-8-11-15-23(39)35-19(2)26(20-13-9-7-10-14-20)43-31(42)24-25(29(37)40)33(28)17-22(34)27(24)44-33/h7-10,12-14,17,19,21,24-28,38H,6,11,15-16,18H2,1-5H3,(H,35,39)/b12-8-/t19-,21+,24+,25-,26+,27+,28+,33-/m1/s1. The van der Waals surface area contributed by atoms with E-state index in [1.54, 1.807) is 17.9 Å². The lowest BCUT2D eigenvalue weighted by molar-refractivity contribution is -0.162. The van der Waals surface area contributed by atoms with Crippen molar-refractivity contribution in [2.45, 2.75) is 95.4 Å². The summed E-state index contributed by atoms with van der Waals surface area (Å²) in [6.07, 6.45) is 4.91. The Bertz CT molecular complexity index is 1350. The molecule has 1 aromatic rings. The Morgan fingerprint density at radius 1 is 1.09 bits per heavy atom. The average Bonchev–Trinajstić information content (AvgIpc) is 3.56. The summed E-state index contributed by atoms with van der Waals surface area (Å²) in [6, 6.07) is 6.83. The number of aliphatic hydroxyl groups excluding tert-OH is 1. The molecule has 238 valence electrons. The highest BCUT2D eigenvalue weighted by Gasteiger charge is 2.75. The van der Waals surface area contributed by atoms with Crippen molar-refractivity contribution in [3.8, 4) is 0 Å². The summed E-state index contributed by atoms with van der Waals surface area (Å²) in [7, 11) is 0. The Labute approximate surface area is 266 Å². The summed E-state index contributed by atoms with van der Waals surface area (Å²) in [5.41, 5.74) is -1.38. The van der Waals surface area contributed by atoms with Crippen LogP contribution < -0.4 is 5.32 Å². The number of esters is 1. The Morgan fingerprint density at radius 3 is 2.43 bits per heavy atom. The molecule has 8 atom stereocenters. The SMILES string of the molecule is CC[C@@H](CO)N1C(=O)[C@H]2[C@@H]3C(=O)O[C@H](c4ccccc4)[C@@H](C)NC(=O)CC/C=C\CN(C(C)(C)C)C(=O)[C@H]1[C@@]21C=C(Br)[C@@H]3O1. The summed E-state index contributed by atoms with van der Waals surface area (Å²) in [4.78, 5) is 59.4. The van der Waals surface area contributed by atoms with Crippen LogP contribution in [0.1, 0.15) is 65.5 Å². The third-order valence-electron chi connectivity index (χ3n) is 9.23. The largest absolute Gasteiger partial charge is 0.455 e. The number of allylic oxidation sites excluding steroid dienone is 1. The number of fused-ring (bicyclic) bond motifs is 2. The monoisotopic (exact) mass is 671 g/mol. The fourth-order valence-electron chi connectivity index (χ4n) is 7.07. The van der Waals surface area contributed by atoms with Gasteiger partial charge in [-0.3, -0.25) is 19.2 Å². The van der Waals surface area contributed by atoms with Gasteiger partial charge in [0, 0.05) is 23.0 Å². The number of benzene rings is 1. The zero-order valence-corrected chi connectivity index (χ0v) is 27.5. The van der Waals surface area contributed by atoms with Gasteiger partial charge in [-0.25, -0.2) is 0 Å². The highest BCUT2D eigenvalue weighted by atomic mass is 79.9. The molecule has 0 unspecified atom stereocenters. The predicted molar refractivity (Wildman–Crippen MR) is 166 cm³/mol. The van der Waals surface area contributed by atoms with Crippen LogP contribution in [0.5, 0.6) is 0 Å². The van der Waals surface area contributed by atoms with Gasteiger partial charge in [-0.1, -0.05) is 65.3 Å². The maximum absolute atomic E-state index is 14.7. The minimum atomic E-state index is -1.44. The van der Waals surface area contributed by atoms with Crippen molar-refractivity contribution in [2.75, 3.05) is 13.2 Å². The van der Waals surface area contributed by atoms with Crippen LogP contribution in [-0.4, -0.2) is 87.1 Å². The van der Waals surface area contributed by atoms with E-state index in [0.717, 1.165) is 0 Å². The first kappa shape index (κ1) is 32.4. The van der Waals surface area contributed by atoms with Crippen molar-refractivity contribution in [1.82, 2.24) is 15.1 Å². The van der Waals surface area contributed by atoms with E-state index in [1.165, 1.54) is 4.90 Å². The normalized spacial score (nSPS) is 34.4. The molecule has 0 radical (unpaired) electrons. The first-order valence-corrected chi connectivity index (χ1v) is 16.1. The molecule has 1 spiro atoms. The number of cyclic esters (lactones) is 1. The molecule has 1 aromatic carbocycles. The Kier molecular flexibility index (Phi) is 9.13. The Morgan fingerprint density at radius 2 is 1.80 bits per heavy atom. The number of rotatable bonds is 4. The minimum absolute atomic E-state index is 0.195. The van der Waals surface area contributed by atoms with Gasteiger partial charge in [0.25, 0.3) is 0 Å². The molecule has 10 nitrogen and oxygen atoms in total. The number of halogens is 1. The van der Waals surface area contributed by atoms with Gasteiger partial charge < -0.3 is 29.7 Å². The molecular formula is C33H42BrN3O7. The van der Waals surface area contributed by atoms with E-state index in [9.17, 15) is 24.3 Å². The molecule has 0 saturated carbocycles. The second kappa shape index (κ2) is 12.4. The van der Waals surface area contributed by atoms with Gasteiger partial charge in [0.1, 0.15) is 29.8 Å². The zero-order chi connectivity index (χ0) is 32.0. The fourth-order valence-corrected chi connectivity index (χ4v) is 7.81.